The molecule has 2 aromatic rings. The second kappa shape index (κ2) is 4.14. The lowest BCUT2D eigenvalue weighted by atomic mass is 10.2. The monoisotopic (exact) mass is 216 g/mol. The number of benzene rings is 2. The van der Waals surface area contributed by atoms with E-state index in [2.05, 4.69) is 0 Å². The van der Waals surface area contributed by atoms with Gasteiger partial charge in [0.15, 0.2) is 11.5 Å². The van der Waals surface area contributed by atoms with Gasteiger partial charge in [-0.3, -0.25) is 0 Å². The second-order valence-corrected chi connectivity index (χ2v) is 3.57. The first-order valence-corrected chi connectivity index (χ1v) is 4.91. The molecule has 0 aromatic heterocycles. The van der Waals surface area contributed by atoms with Crippen LogP contribution in [-0.2, 0) is 0 Å². The highest BCUT2D eigenvalue weighted by molar-refractivity contribution is 5.46. The van der Waals surface area contributed by atoms with Gasteiger partial charge in [0.05, 0.1) is 0 Å². The van der Waals surface area contributed by atoms with Gasteiger partial charge in [-0.25, -0.2) is 0 Å². The molecule has 0 unspecified atom stereocenters. The first-order chi connectivity index (χ1) is 7.65. The fraction of sp³-hybridized carbons (Fsp3) is 0.0769. The Balaban J connectivity index is 2.26. The van der Waals surface area contributed by atoms with Gasteiger partial charge in [-0.15, -0.1) is 0 Å². The minimum absolute atomic E-state index is 0.00150. The van der Waals surface area contributed by atoms with Crippen LogP contribution < -0.4 is 4.74 Å². The summed E-state index contributed by atoms with van der Waals surface area (Å²) in [4.78, 5) is 0. The van der Waals surface area contributed by atoms with Crippen LogP contribution >= 0.6 is 0 Å². The number of phenolic OH excluding ortho intramolecular Hbond substituents is 2. The first-order valence-electron chi connectivity index (χ1n) is 4.91. The highest BCUT2D eigenvalue weighted by Crippen LogP contribution is 2.33. The van der Waals surface area contributed by atoms with Crippen molar-refractivity contribution in [3.63, 3.8) is 0 Å². The van der Waals surface area contributed by atoms with Crippen molar-refractivity contribution in [3.05, 3.63) is 48.0 Å². The summed E-state index contributed by atoms with van der Waals surface area (Å²) in [6.45, 7) is 1.98. The van der Waals surface area contributed by atoms with Gasteiger partial charge in [0.25, 0.3) is 0 Å². The molecule has 0 atom stereocenters. The van der Waals surface area contributed by atoms with Gasteiger partial charge in [0, 0.05) is 6.07 Å². The van der Waals surface area contributed by atoms with E-state index >= 15 is 0 Å². The molecule has 0 bridgehead atoms. The molecule has 0 amide bonds. The molecule has 0 fully saturated rings. The molecule has 0 saturated heterocycles. The van der Waals surface area contributed by atoms with E-state index in [0.29, 0.717) is 5.75 Å². The zero-order valence-corrected chi connectivity index (χ0v) is 8.84. The van der Waals surface area contributed by atoms with Gasteiger partial charge in [-0.2, -0.15) is 0 Å². The Morgan fingerprint density at radius 2 is 1.62 bits per heavy atom. The van der Waals surface area contributed by atoms with E-state index in [9.17, 15) is 10.2 Å². The molecule has 0 aliphatic heterocycles. The lowest BCUT2D eigenvalue weighted by Crippen LogP contribution is -1.84. The van der Waals surface area contributed by atoms with Crippen LogP contribution in [0.5, 0.6) is 23.0 Å². The van der Waals surface area contributed by atoms with Crippen molar-refractivity contribution in [2.75, 3.05) is 0 Å². The highest BCUT2D eigenvalue weighted by Gasteiger charge is 2.04. The third-order valence-electron chi connectivity index (χ3n) is 2.19. The summed E-state index contributed by atoms with van der Waals surface area (Å²) in [5.41, 5.74) is 1.13. The Labute approximate surface area is 93.6 Å². The Morgan fingerprint density at radius 3 is 2.31 bits per heavy atom. The quantitative estimate of drug-likeness (QED) is 0.758. The summed E-state index contributed by atoms with van der Waals surface area (Å²) in [5, 5.41) is 18.8. The SMILES string of the molecule is Cc1ccc(Oc2cc(O)ccc2O)cc1. The number of ether oxygens (including phenoxy) is 1. The van der Waals surface area contributed by atoms with Crippen LogP contribution in [0.2, 0.25) is 0 Å². The van der Waals surface area contributed by atoms with E-state index in [4.69, 9.17) is 4.74 Å². The van der Waals surface area contributed by atoms with Crippen molar-refractivity contribution in [1.82, 2.24) is 0 Å². The largest absolute Gasteiger partial charge is 0.508 e. The van der Waals surface area contributed by atoms with Crippen LogP contribution in [0.25, 0.3) is 0 Å². The van der Waals surface area contributed by atoms with Crippen LogP contribution in [0.15, 0.2) is 42.5 Å². The Hall–Kier alpha value is -2.16. The average Bonchev–Trinajstić information content (AvgIpc) is 2.27. The maximum absolute atomic E-state index is 9.51. The summed E-state index contributed by atoms with van der Waals surface area (Å²) in [6.07, 6.45) is 0. The van der Waals surface area contributed by atoms with E-state index in [1.165, 1.54) is 18.2 Å². The standard InChI is InChI=1S/C13H12O3/c1-9-2-5-11(6-3-9)16-13-8-10(14)4-7-12(13)15/h2-8,14-15H,1H3. The number of hydrogen-bond donors (Lipinski definition) is 2. The van der Waals surface area contributed by atoms with Crippen molar-refractivity contribution in [2.24, 2.45) is 0 Å². The number of phenols is 2. The van der Waals surface area contributed by atoms with E-state index in [1.807, 2.05) is 19.1 Å². The number of aryl methyl sites for hydroxylation is 1. The van der Waals surface area contributed by atoms with Crippen molar-refractivity contribution in [1.29, 1.82) is 0 Å². The van der Waals surface area contributed by atoms with Crippen molar-refractivity contribution < 1.29 is 14.9 Å². The Bertz CT molecular complexity index is 489. The van der Waals surface area contributed by atoms with Crippen molar-refractivity contribution >= 4 is 0 Å². The van der Waals surface area contributed by atoms with Crippen LogP contribution in [0, 0.1) is 6.92 Å². The molecule has 2 aromatic carbocycles. The smallest absolute Gasteiger partial charge is 0.172 e. The Morgan fingerprint density at radius 1 is 0.938 bits per heavy atom. The minimum atomic E-state index is -0.00150. The molecule has 3 nitrogen and oxygen atoms in total. The second-order valence-electron chi connectivity index (χ2n) is 3.57. The predicted molar refractivity (Wildman–Crippen MR) is 61.0 cm³/mol. The minimum Gasteiger partial charge on any atom is -0.508 e. The van der Waals surface area contributed by atoms with Gasteiger partial charge in [-0.05, 0) is 31.2 Å². The summed E-state index contributed by atoms with van der Waals surface area (Å²) in [6, 6.07) is 11.6. The van der Waals surface area contributed by atoms with Crippen molar-refractivity contribution in [2.45, 2.75) is 6.92 Å². The molecule has 16 heavy (non-hydrogen) atoms. The highest BCUT2D eigenvalue weighted by atomic mass is 16.5. The molecule has 0 spiro atoms. The lowest BCUT2D eigenvalue weighted by Gasteiger charge is -2.07. The van der Waals surface area contributed by atoms with Crippen molar-refractivity contribution in [3.8, 4) is 23.0 Å². The van der Waals surface area contributed by atoms with Gasteiger partial charge in [0.1, 0.15) is 11.5 Å². The first kappa shape index (κ1) is 10.4. The molecular weight excluding hydrogens is 204 g/mol. The fourth-order valence-electron chi connectivity index (χ4n) is 1.32. The third kappa shape index (κ3) is 2.25. The van der Waals surface area contributed by atoms with Gasteiger partial charge >= 0.3 is 0 Å². The fourth-order valence-corrected chi connectivity index (χ4v) is 1.32. The molecule has 2 rings (SSSR count). The van der Waals surface area contributed by atoms with Gasteiger partial charge < -0.3 is 14.9 Å². The number of aromatic hydroxyl groups is 2. The summed E-state index contributed by atoms with van der Waals surface area (Å²) in [7, 11) is 0. The molecule has 0 aliphatic carbocycles. The molecular formula is C13H12O3. The van der Waals surface area contributed by atoms with E-state index < -0.39 is 0 Å². The summed E-state index contributed by atoms with van der Waals surface area (Å²) < 4.78 is 5.43. The van der Waals surface area contributed by atoms with Gasteiger partial charge in [-0.1, -0.05) is 17.7 Å². The molecule has 82 valence electrons. The third-order valence-corrected chi connectivity index (χ3v) is 2.19. The summed E-state index contributed by atoms with van der Waals surface area (Å²) in [5.74, 6) is 0.911. The molecule has 3 heteroatoms. The van der Waals surface area contributed by atoms with E-state index in [-0.39, 0.29) is 17.2 Å². The molecule has 0 aliphatic rings. The maximum atomic E-state index is 9.51. The number of rotatable bonds is 2. The van der Waals surface area contributed by atoms with Gasteiger partial charge in [0.2, 0.25) is 0 Å². The lowest BCUT2D eigenvalue weighted by molar-refractivity contribution is 0.403. The molecule has 0 radical (unpaired) electrons. The Kier molecular flexibility index (Phi) is 2.68. The predicted octanol–water partition coefficient (Wildman–Crippen LogP) is 3.20. The molecule has 0 saturated carbocycles. The zero-order chi connectivity index (χ0) is 11.5. The summed E-state index contributed by atoms with van der Waals surface area (Å²) >= 11 is 0. The maximum Gasteiger partial charge on any atom is 0.172 e. The van der Waals surface area contributed by atoms with Crippen LogP contribution in [0.4, 0.5) is 0 Å². The zero-order valence-electron chi connectivity index (χ0n) is 8.84. The average molecular weight is 216 g/mol. The topological polar surface area (TPSA) is 49.7 Å². The van der Waals surface area contributed by atoms with Crippen LogP contribution in [0.1, 0.15) is 5.56 Å². The van der Waals surface area contributed by atoms with Crippen LogP contribution in [0.3, 0.4) is 0 Å². The number of hydrogen-bond acceptors (Lipinski definition) is 3. The van der Waals surface area contributed by atoms with E-state index in [1.54, 1.807) is 12.1 Å². The van der Waals surface area contributed by atoms with E-state index in [0.717, 1.165) is 5.56 Å². The molecule has 0 heterocycles. The molecule has 2 N–H and O–H groups in total. The normalized spacial score (nSPS) is 10.1. The van der Waals surface area contributed by atoms with Crippen LogP contribution in [-0.4, -0.2) is 10.2 Å².